The molecule has 1 rings (SSSR count). The van der Waals surface area contributed by atoms with Gasteiger partial charge in [0, 0.05) is 30.7 Å². The molecule has 1 unspecified atom stereocenters. The van der Waals surface area contributed by atoms with Gasteiger partial charge in [-0.05, 0) is 19.1 Å². The summed E-state index contributed by atoms with van der Waals surface area (Å²) in [6.07, 6.45) is 0. The SMILES string of the molecule is CC(CN)N(C)C(=O)c1ccc(Cl)cc1[N+](=O)[O-].Cl. The largest absolute Gasteiger partial charge is 0.338 e. The molecule has 2 N–H and O–H groups in total. The molecule has 8 heteroatoms. The van der Waals surface area contributed by atoms with Crippen molar-refractivity contribution in [3.05, 3.63) is 38.9 Å². The van der Waals surface area contributed by atoms with E-state index in [0.29, 0.717) is 0 Å². The average molecular weight is 308 g/mol. The Balaban J connectivity index is 0.00000324. The van der Waals surface area contributed by atoms with Crippen molar-refractivity contribution < 1.29 is 9.72 Å². The van der Waals surface area contributed by atoms with Crippen molar-refractivity contribution in [2.24, 2.45) is 5.73 Å². The van der Waals surface area contributed by atoms with Gasteiger partial charge in [0.1, 0.15) is 5.56 Å². The molecule has 0 heterocycles. The van der Waals surface area contributed by atoms with Crippen LogP contribution in [0, 0.1) is 10.1 Å². The summed E-state index contributed by atoms with van der Waals surface area (Å²) in [7, 11) is 1.55. The number of amides is 1. The van der Waals surface area contributed by atoms with Crippen LogP contribution in [0.5, 0.6) is 0 Å². The van der Waals surface area contributed by atoms with E-state index in [0.717, 1.165) is 6.07 Å². The van der Waals surface area contributed by atoms with Crippen LogP contribution in [0.2, 0.25) is 5.02 Å². The van der Waals surface area contributed by atoms with E-state index in [4.69, 9.17) is 17.3 Å². The Kier molecular flexibility index (Phi) is 6.75. The lowest BCUT2D eigenvalue weighted by Crippen LogP contribution is -2.39. The van der Waals surface area contributed by atoms with Crippen LogP contribution in [0.4, 0.5) is 5.69 Å². The third-order valence-corrected chi connectivity index (χ3v) is 2.94. The molecule has 0 bridgehead atoms. The number of nitro benzene ring substituents is 1. The van der Waals surface area contributed by atoms with Gasteiger partial charge in [-0.25, -0.2) is 0 Å². The monoisotopic (exact) mass is 307 g/mol. The molecule has 0 saturated heterocycles. The van der Waals surface area contributed by atoms with Gasteiger partial charge in [0.15, 0.2) is 0 Å². The van der Waals surface area contributed by atoms with Crippen LogP contribution in [0.15, 0.2) is 18.2 Å². The van der Waals surface area contributed by atoms with Crippen LogP contribution >= 0.6 is 24.0 Å². The molecule has 106 valence electrons. The zero-order valence-electron chi connectivity index (χ0n) is 10.5. The van der Waals surface area contributed by atoms with Crippen molar-refractivity contribution in [3.8, 4) is 0 Å². The summed E-state index contributed by atoms with van der Waals surface area (Å²) in [5.41, 5.74) is 5.17. The molecule has 1 atom stereocenters. The standard InChI is InChI=1S/C11H14ClN3O3.ClH/c1-7(6-13)14(2)11(16)9-4-3-8(12)5-10(9)15(17)18;/h3-5,7H,6,13H2,1-2H3;1H. The number of carbonyl (C=O) groups is 1. The Hall–Kier alpha value is -1.37. The van der Waals surface area contributed by atoms with Crippen molar-refractivity contribution >= 4 is 35.6 Å². The number of hydrogen-bond donors (Lipinski definition) is 1. The van der Waals surface area contributed by atoms with Crippen LogP contribution < -0.4 is 5.73 Å². The fourth-order valence-electron chi connectivity index (χ4n) is 1.38. The Morgan fingerprint density at radius 3 is 2.63 bits per heavy atom. The third kappa shape index (κ3) is 4.05. The maximum Gasteiger partial charge on any atom is 0.283 e. The van der Waals surface area contributed by atoms with E-state index in [1.54, 1.807) is 14.0 Å². The van der Waals surface area contributed by atoms with E-state index in [-0.39, 0.29) is 41.3 Å². The van der Waals surface area contributed by atoms with Gasteiger partial charge in [0.05, 0.1) is 4.92 Å². The number of likely N-dealkylation sites (N-methyl/N-ethyl adjacent to an activating group) is 1. The van der Waals surface area contributed by atoms with Gasteiger partial charge in [-0.2, -0.15) is 0 Å². The summed E-state index contributed by atoms with van der Waals surface area (Å²) in [5, 5.41) is 11.1. The van der Waals surface area contributed by atoms with E-state index in [1.165, 1.54) is 17.0 Å². The average Bonchev–Trinajstić information content (AvgIpc) is 2.35. The first-order chi connectivity index (χ1) is 8.38. The van der Waals surface area contributed by atoms with E-state index in [1.807, 2.05) is 0 Å². The Morgan fingerprint density at radius 1 is 1.58 bits per heavy atom. The Bertz CT molecular complexity index is 482. The number of hydrogen-bond acceptors (Lipinski definition) is 4. The third-order valence-electron chi connectivity index (χ3n) is 2.71. The summed E-state index contributed by atoms with van der Waals surface area (Å²) in [4.78, 5) is 23.7. The normalized spacial score (nSPS) is 11.4. The highest BCUT2D eigenvalue weighted by molar-refractivity contribution is 6.31. The summed E-state index contributed by atoms with van der Waals surface area (Å²) in [6, 6.07) is 3.76. The molecule has 0 aromatic heterocycles. The number of benzene rings is 1. The zero-order chi connectivity index (χ0) is 13.9. The molecule has 19 heavy (non-hydrogen) atoms. The molecule has 6 nitrogen and oxygen atoms in total. The fourth-order valence-corrected chi connectivity index (χ4v) is 1.55. The molecule has 0 aliphatic heterocycles. The van der Waals surface area contributed by atoms with Crippen molar-refractivity contribution in [1.29, 1.82) is 0 Å². The highest BCUT2D eigenvalue weighted by Crippen LogP contribution is 2.24. The van der Waals surface area contributed by atoms with Crippen LogP contribution in [0.1, 0.15) is 17.3 Å². The molecule has 0 radical (unpaired) electrons. The highest BCUT2D eigenvalue weighted by atomic mass is 35.5. The number of nitrogens with two attached hydrogens (primary N) is 1. The molecule has 0 spiro atoms. The molecule has 1 aromatic rings. The number of rotatable bonds is 4. The number of carbonyl (C=O) groups excluding carboxylic acids is 1. The van der Waals surface area contributed by atoms with Crippen molar-refractivity contribution in [1.82, 2.24) is 4.90 Å². The van der Waals surface area contributed by atoms with Crippen LogP contribution in [0.3, 0.4) is 0 Å². The molecule has 0 aliphatic carbocycles. The summed E-state index contributed by atoms with van der Waals surface area (Å²) in [6.45, 7) is 2.04. The number of halogens is 2. The van der Waals surface area contributed by atoms with Crippen molar-refractivity contribution in [2.75, 3.05) is 13.6 Å². The van der Waals surface area contributed by atoms with Gasteiger partial charge < -0.3 is 10.6 Å². The van der Waals surface area contributed by atoms with E-state index in [9.17, 15) is 14.9 Å². The molecule has 0 saturated carbocycles. The second kappa shape index (κ2) is 7.28. The lowest BCUT2D eigenvalue weighted by molar-refractivity contribution is -0.385. The number of nitrogens with zero attached hydrogens (tertiary/aromatic N) is 2. The van der Waals surface area contributed by atoms with Crippen molar-refractivity contribution in [2.45, 2.75) is 13.0 Å². The summed E-state index contributed by atoms with van der Waals surface area (Å²) < 4.78 is 0. The van der Waals surface area contributed by atoms with Gasteiger partial charge >= 0.3 is 0 Å². The fraction of sp³-hybridized carbons (Fsp3) is 0.364. The zero-order valence-corrected chi connectivity index (χ0v) is 12.1. The van der Waals surface area contributed by atoms with Crippen LogP contribution in [-0.2, 0) is 0 Å². The van der Waals surface area contributed by atoms with Gasteiger partial charge in [-0.15, -0.1) is 12.4 Å². The molecule has 0 fully saturated rings. The quantitative estimate of drug-likeness (QED) is 0.681. The highest BCUT2D eigenvalue weighted by Gasteiger charge is 2.25. The predicted octanol–water partition coefficient (Wildman–Crippen LogP) is 2.09. The van der Waals surface area contributed by atoms with E-state index >= 15 is 0 Å². The molecule has 0 aliphatic rings. The van der Waals surface area contributed by atoms with Gasteiger partial charge in [0.25, 0.3) is 11.6 Å². The van der Waals surface area contributed by atoms with Crippen LogP contribution in [-0.4, -0.2) is 35.4 Å². The van der Waals surface area contributed by atoms with Gasteiger partial charge in [-0.3, -0.25) is 14.9 Å². The van der Waals surface area contributed by atoms with E-state index in [2.05, 4.69) is 0 Å². The minimum atomic E-state index is -0.625. The summed E-state index contributed by atoms with van der Waals surface area (Å²) in [5.74, 6) is -0.448. The van der Waals surface area contributed by atoms with Crippen molar-refractivity contribution in [3.63, 3.8) is 0 Å². The maximum absolute atomic E-state index is 12.1. The first-order valence-electron chi connectivity index (χ1n) is 5.29. The number of nitro groups is 1. The lowest BCUT2D eigenvalue weighted by Gasteiger charge is -2.23. The van der Waals surface area contributed by atoms with Gasteiger partial charge in [-0.1, -0.05) is 11.6 Å². The smallest absolute Gasteiger partial charge is 0.283 e. The predicted molar refractivity (Wildman–Crippen MR) is 76.0 cm³/mol. The first kappa shape index (κ1) is 17.6. The topological polar surface area (TPSA) is 89.5 Å². The van der Waals surface area contributed by atoms with Gasteiger partial charge in [0.2, 0.25) is 0 Å². The Labute approximate surface area is 122 Å². The molecular formula is C11H15Cl2N3O3. The second-order valence-corrected chi connectivity index (χ2v) is 4.36. The van der Waals surface area contributed by atoms with Crippen LogP contribution in [0.25, 0.3) is 0 Å². The lowest BCUT2D eigenvalue weighted by atomic mass is 10.1. The summed E-state index contributed by atoms with van der Waals surface area (Å²) >= 11 is 5.69. The molecule has 1 amide bonds. The molecule has 1 aromatic carbocycles. The Morgan fingerprint density at radius 2 is 2.16 bits per heavy atom. The maximum atomic E-state index is 12.1. The molecular weight excluding hydrogens is 293 g/mol. The first-order valence-corrected chi connectivity index (χ1v) is 5.67. The second-order valence-electron chi connectivity index (χ2n) is 3.92. The minimum Gasteiger partial charge on any atom is -0.338 e. The van der Waals surface area contributed by atoms with E-state index < -0.39 is 10.8 Å². The minimum absolute atomic E-state index is 0.